The lowest BCUT2D eigenvalue weighted by Crippen LogP contribution is -2.20. The van der Waals surface area contributed by atoms with Gasteiger partial charge in [-0.05, 0) is 82.4 Å². The normalized spacial score (nSPS) is 11.9. The number of halogens is 1. The molecule has 0 fully saturated rings. The minimum atomic E-state index is -0.247. The average molecular weight is 509 g/mol. The van der Waals surface area contributed by atoms with E-state index in [2.05, 4.69) is 40.1 Å². The van der Waals surface area contributed by atoms with Crippen LogP contribution in [-0.2, 0) is 4.79 Å². The van der Waals surface area contributed by atoms with Crippen LogP contribution in [0, 0.1) is 0 Å². The average Bonchev–Trinajstić information content (AvgIpc) is 3.26. The topological polar surface area (TPSA) is 73.6 Å². The molecule has 4 aromatic rings. The maximum absolute atomic E-state index is 12.4. The first-order valence-electron chi connectivity index (χ1n) is 10.7. The van der Waals surface area contributed by atoms with Gasteiger partial charge in [0.15, 0.2) is 12.2 Å². The second-order valence-electron chi connectivity index (χ2n) is 7.77. The molecule has 3 aromatic carbocycles. The first kappa shape index (κ1) is 22.9. The summed E-state index contributed by atoms with van der Waals surface area (Å²) in [5.74, 6) is 2.14. The molecule has 1 atom stereocenters. The molecule has 0 aliphatic rings. The number of hydrogen-bond donors (Lipinski definition) is 1. The maximum atomic E-state index is 12.4. The Morgan fingerprint density at radius 3 is 2.61 bits per heavy atom. The number of hydrogen-bond acceptors (Lipinski definition) is 5. The molecule has 1 unspecified atom stereocenters. The Morgan fingerprint density at radius 2 is 1.91 bits per heavy atom. The van der Waals surface area contributed by atoms with Gasteiger partial charge in [-0.3, -0.25) is 4.79 Å². The third-order valence-corrected chi connectivity index (χ3v) is 6.12. The van der Waals surface area contributed by atoms with Crippen molar-refractivity contribution in [2.24, 2.45) is 0 Å². The van der Waals surface area contributed by atoms with Crippen molar-refractivity contribution in [1.29, 1.82) is 0 Å². The number of aromatic nitrogens is 1. The summed E-state index contributed by atoms with van der Waals surface area (Å²) in [4.78, 5) is 16.9. The van der Waals surface area contributed by atoms with E-state index in [1.165, 1.54) is 5.56 Å². The van der Waals surface area contributed by atoms with Crippen LogP contribution >= 0.6 is 15.9 Å². The fourth-order valence-corrected chi connectivity index (χ4v) is 3.94. The first-order valence-corrected chi connectivity index (χ1v) is 11.5. The molecule has 0 bridgehead atoms. The number of carbonyl (C=O) groups is 1. The number of nitrogens with zero attached hydrogens (tertiary/aromatic N) is 1. The lowest BCUT2D eigenvalue weighted by Gasteiger charge is -2.11. The van der Waals surface area contributed by atoms with Crippen molar-refractivity contribution in [2.45, 2.75) is 26.2 Å². The Kier molecular flexibility index (Phi) is 6.99. The van der Waals surface area contributed by atoms with Crippen LogP contribution in [-0.4, -0.2) is 24.6 Å². The molecule has 0 saturated carbocycles. The van der Waals surface area contributed by atoms with Crippen LogP contribution in [0.3, 0.4) is 0 Å². The van der Waals surface area contributed by atoms with Crippen LogP contribution in [0.2, 0.25) is 0 Å². The zero-order chi connectivity index (χ0) is 23.4. The van der Waals surface area contributed by atoms with E-state index in [1.54, 1.807) is 25.3 Å². The molecule has 1 heterocycles. The summed E-state index contributed by atoms with van der Waals surface area (Å²) in [5, 5.41) is 2.85. The molecular formula is C26H25BrN2O4. The Hall–Kier alpha value is -3.32. The molecule has 7 heteroatoms. The fraction of sp³-hybridized carbons (Fsp3) is 0.231. The lowest BCUT2D eigenvalue weighted by atomic mass is 9.99. The van der Waals surface area contributed by atoms with E-state index in [-0.39, 0.29) is 12.5 Å². The Balaban J connectivity index is 1.40. The summed E-state index contributed by atoms with van der Waals surface area (Å²) < 4.78 is 17.6. The fourth-order valence-electron chi connectivity index (χ4n) is 3.40. The SMILES string of the molecule is CCC(C)c1ccc(OCC(=O)Nc2ccc3oc(-c4ccc(OC)c(Br)c4)nc3c2)cc1. The molecule has 1 aromatic heterocycles. The van der Waals surface area contributed by atoms with E-state index in [1.807, 2.05) is 42.5 Å². The summed E-state index contributed by atoms with van der Waals surface area (Å²) in [6.07, 6.45) is 1.08. The zero-order valence-electron chi connectivity index (χ0n) is 18.7. The molecule has 0 aliphatic carbocycles. The quantitative estimate of drug-likeness (QED) is 0.283. The predicted molar refractivity (Wildman–Crippen MR) is 133 cm³/mol. The monoisotopic (exact) mass is 508 g/mol. The van der Waals surface area contributed by atoms with Crippen LogP contribution in [0.5, 0.6) is 11.5 Å². The summed E-state index contributed by atoms with van der Waals surface area (Å²) >= 11 is 3.48. The van der Waals surface area contributed by atoms with E-state index < -0.39 is 0 Å². The van der Waals surface area contributed by atoms with Crippen molar-refractivity contribution in [3.05, 3.63) is 70.7 Å². The van der Waals surface area contributed by atoms with Crippen molar-refractivity contribution in [3.63, 3.8) is 0 Å². The van der Waals surface area contributed by atoms with E-state index in [9.17, 15) is 4.79 Å². The van der Waals surface area contributed by atoms with Gasteiger partial charge in [0.1, 0.15) is 17.0 Å². The summed E-state index contributed by atoms with van der Waals surface area (Å²) in [6, 6.07) is 18.8. The Morgan fingerprint density at radius 1 is 1.12 bits per heavy atom. The number of ether oxygens (including phenoxy) is 2. The molecule has 0 aliphatic heterocycles. The number of methoxy groups -OCH3 is 1. The van der Waals surface area contributed by atoms with Crippen LogP contribution in [0.1, 0.15) is 31.7 Å². The number of benzene rings is 3. The number of rotatable bonds is 8. The summed E-state index contributed by atoms with van der Waals surface area (Å²) in [7, 11) is 1.61. The lowest BCUT2D eigenvalue weighted by molar-refractivity contribution is -0.118. The summed E-state index contributed by atoms with van der Waals surface area (Å²) in [6.45, 7) is 4.27. The number of anilines is 1. The highest BCUT2D eigenvalue weighted by molar-refractivity contribution is 9.10. The minimum Gasteiger partial charge on any atom is -0.496 e. The number of amides is 1. The van der Waals surface area contributed by atoms with Gasteiger partial charge >= 0.3 is 0 Å². The van der Waals surface area contributed by atoms with Crippen LogP contribution in [0.4, 0.5) is 5.69 Å². The standard InChI is InChI=1S/C26H25BrN2O4/c1-4-16(2)17-5-9-20(10-6-17)32-15-25(30)28-19-8-12-24-22(14-19)29-26(33-24)18-7-11-23(31-3)21(27)13-18/h5-14,16H,4,15H2,1-3H3,(H,28,30). The van der Waals surface area contributed by atoms with Gasteiger partial charge < -0.3 is 19.2 Å². The number of oxazole rings is 1. The van der Waals surface area contributed by atoms with Crippen LogP contribution < -0.4 is 14.8 Å². The predicted octanol–water partition coefficient (Wildman–Crippen LogP) is 6.80. The van der Waals surface area contributed by atoms with Gasteiger partial charge in [0.2, 0.25) is 5.89 Å². The van der Waals surface area contributed by atoms with Gasteiger partial charge in [-0.15, -0.1) is 0 Å². The molecule has 1 amide bonds. The largest absolute Gasteiger partial charge is 0.496 e. The van der Waals surface area contributed by atoms with Crippen molar-refractivity contribution in [1.82, 2.24) is 4.98 Å². The van der Waals surface area contributed by atoms with E-state index >= 15 is 0 Å². The van der Waals surface area contributed by atoms with Gasteiger partial charge in [0.05, 0.1) is 11.6 Å². The molecule has 6 nitrogen and oxygen atoms in total. The molecule has 4 rings (SSSR count). The van der Waals surface area contributed by atoms with Gasteiger partial charge in [0, 0.05) is 11.3 Å². The van der Waals surface area contributed by atoms with Gasteiger partial charge in [-0.25, -0.2) is 4.98 Å². The third-order valence-electron chi connectivity index (χ3n) is 5.50. The Labute approximate surface area is 201 Å². The molecule has 0 radical (unpaired) electrons. The molecule has 0 spiro atoms. The maximum Gasteiger partial charge on any atom is 0.262 e. The van der Waals surface area contributed by atoms with Crippen molar-refractivity contribution < 1.29 is 18.7 Å². The minimum absolute atomic E-state index is 0.0787. The van der Waals surface area contributed by atoms with E-state index in [0.29, 0.717) is 34.3 Å². The van der Waals surface area contributed by atoms with Gasteiger partial charge in [-0.2, -0.15) is 0 Å². The first-order chi connectivity index (χ1) is 16.0. The number of fused-ring (bicyclic) bond motifs is 1. The van der Waals surface area contributed by atoms with Gasteiger partial charge in [0.25, 0.3) is 5.91 Å². The molecule has 0 saturated heterocycles. The zero-order valence-corrected chi connectivity index (χ0v) is 20.3. The highest BCUT2D eigenvalue weighted by Gasteiger charge is 2.12. The van der Waals surface area contributed by atoms with Crippen molar-refractivity contribution in [3.8, 4) is 23.0 Å². The van der Waals surface area contributed by atoms with Crippen molar-refractivity contribution in [2.75, 3.05) is 19.0 Å². The molecule has 170 valence electrons. The Bertz CT molecular complexity index is 1270. The third kappa shape index (κ3) is 5.37. The van der Waals surface area contributed by atoms with Crippen molar-refractivity contribution >= 4 is 38.6 Å². The van der Waals surface area contributed by atoms with Crippen LogP contribution in [0.15, 0.2) is 69.6 Å². The smallest absolute Gasteiger partial charge is 0.262 e. The second kappa shape index (κ2) is 10.1. The number of nitrogens with one attached hydrogen (secondary N) is 1. The molecule has 33 heavy (non-hydrogen) atoms. The summed E-state index contributed by atoms with van der Waals surface area (Å²) in [5.41, 5.74) is 3.98. The molecule has 1 N–H and O–H groups in total. The van der Waals surface area contributed by atoms with E-state index in [0.717, 1.165) is 22.2 Å². The highest BCUT2D eigenvalue weighted by Crippen LogP contribution is 2.32. The van der Waals surface area contributed by atoms with Gasteiger partial charge in [-0.1, -0.05) is 26.0 Å². The van der Waals surface area contributed by atoms with Crippen LogP contribution in [0.25, 0.3) is 22.6 Å². The highest BCUT2D eigenvalue weighted by atomic mass is 79.9. The second-order valence-corrected chi connectivity index (χ2v) is 8.62. The number of carbonyl (C=O) groups excluding carboxylic acids is 1. The molecular weight excluding hydrogens is 484 g/mol. The van der Waals surface area contributed by atoms with E-state index in [4.69, 9.17) is 13.9 Å².